The fraction of sp³-hybridized carbons (Fsp3) is 0.100. The number of rotatable bonds is 3. The van der Waals surface area contributed by atoms with Gasteiger partial charge in [0, 0.05) is 16.4 Å². The Bertz CT molecular complexity index is 357. The fourth-order valence-corrected chi connectivity index (χ4v) is 1.64. The molecule has 1 atom stereocenters. The van der Waals surface area contributed by atoms with E-state index in [4.69, 9.17) is 0 Å². The van der Waals surface area contributed by atoms with E-state index in [1.165, 1.54) is 12.5 Å². The summed E-state index contributed by atoms with van der Waals surface area (Å²) >= 11 is 0. The molecule has 1 aromatic carbocycles. The summed E-state index contributed by atoms with van der Waals surface area (Å²) in [4.78, 5) is 11.4. The van der Waals surface area contributed by atoms with Crippen molar-refractivity contribution >= 4 is 16.8 Å². The molecule has 0 heterocycles. The van der Waals surface area contributed by atoms with E-state index in [-0.39, 0.29) is 0 Å². The molecule has 1 rings (SSSR count). The number of ether oxygens (including phenoxy) is 1. The van der Waals surface area contributed by atoms with Crippen molar-refractivity contribution in [3.63, 3.8) is 0 Å². The summed E-state index contributed by atoms with van der Waals surface area (Å²) in [6, 6.07) is 8.89. The van der Waals surface area contributed by atoms with Crippen LogP contribution in [0.4, 0.5) is 0 Å². The molecular formula is C10H10O3S. The number of methoxy groups -OCH3 is 1. The molecule has 0 N–H and O–H groups in total. The molecule has 0 bridgehead atoms. The molecule has 0 aliphatic carbocycles. The van der Waals surface area contributed by atoms with Crippen LogP contribution in [0.2, 0.25) is 0 Å². The monoisotopic (exact) mass is 210 g/mol. The maximum absolute atomic E-state index is 11.5. The highest BCUT2D eigenvalue weighted by Crippen LogP contribution is 2.06. The first kappa shape index (κ1) is 10.7. The standard InChI is InChI=1S/C10H10O3S/c1-13-10(11)7-8-14(12)9-5-3-2-4-6-9/h2-8H,1H3/b8-7-. The molecule has 0 amide bonds. The first-order chi connectivity index (χ1) is 6.74. The minimum absolute atomic E-state index is 0.505. The molecule has 14 heavy (non-hydrogen) atoms. The number of esters is 1. The van der Waals surface area contributed by atoms with Crippen molar-refractivity contribution in [2.75, 3.05) is 7.11 Å². The van der Waals surface area contributed by atoms with E-state index in [1.807, 2.05) is 6.07 Å². The molecule has 0 aliphatic heterocycles. The average molecular weight is 210 g/mol. The zero-order valence-electron chi connectivity index (χ0n) is 7.67. The van der Waals surface area contributed by atoms with Crippen molar-refractivity contribution in [3.8, 4) is 0 Å². The Morgan fingerprint density at radius 2 is 2.00 bits per heavy atom. The first-order valence-corrected chi connectivity index (χ1v) is 5.17. The van der Waals surface area contributed by atoms with Crippen molar-refractivity contribution in [3.05, 3.63) is 41.8 Å². The van der Waals surface area contributed by atoms with Crippen LogP contribution in [0.15, 0.2) is 46.7 Å². The van der Waals surface area contributed by atoms with Gasteiger partial charge >= 0.3 is 5.97 Å². The smallest absolute Gasteiger partial charge is 0.331 e. The van der Waals surface area contributed by atoms with E-state index >= 15 is 0 Å². The van der Waals surface area contributed by atoms with Crippen molar-refractivity contribution in [2.24, 2.45) is 0 Å². The quantitative estimate of drug-likeness (QED) is 0.560. The van der Waals surface area contributed by atoms with E-state index in [0.29, 0.717) is 4.90 Å². The first-order valence-electron chi connectivity index (χ1n) is 3.96. The second-order valence-corrected chi connectivity index (χ2v) is 3.77. The Kier molecular flexibility index (Phi) is 4.07. The van der Waals surface area contributed by atoms with E-state index in [1.54, 1.807) is 24.3 Å². The zero-order valence-corrected chi connectivity index (χ0v) is 8.49. The molecule has 0 saturated carbocycles. The van der Waals surface area contributed by atoms with Crippen molar-refractivity contribution in [2.45, 2.75) is 4.90 Å². The molecule has 1 aromatic rings. The van der Waals surface area contributed by atoms with Crippen LogP contribution in [0.3, 0.4) is 0 Å². The Labute approximate surface area is 84.9 Å². The molecule has 0 saturated heterocycles. The Morgan fingerprint density at radius 3 is 2.57 bits per heavy atom. The van der Waals surface area contributed by atoms with Crippen LogP contribution in [-0.2, 0) is 20.3 Å². The lowest BCUT2D eigenvalue weighted by molar-refractivity contribution is -0.134. The van der Waals surface area contributed by atoms with Gasteiger partial charge in [0.05, 0.1) is 17.9 Å². The molecule has 1 unspecified atom stereocenters. The number of benzene rings is 1. The summed E-state index contributed by atoms with van der Waals surface area (Å²) in [6.07, 6.45) is 1.16. The van der Waals surface area contributed by atoms with Gasteiger partial charge in [-0.05, 0) is 12.1 Å². The molecule has 3 nitrogen and oxygen atoms in total. The molecule has 0 fully saturated rings. The third kappa shape index (κ3) is 3.14. The van der Waals surface area contributed by atoms with Gasteiger partial charge < -0.3 is 4.74 Å². The summed E-state index contributed by atoms with van der Waals surface area (Å²) in [5.74, 6) is -0.505. The largest absolute Gasteiger partial charge is 0.466 e. The predicted molar refractivity (Wildman–Crippen MR) is 54.0 cm³/mol. The van der Waals surface area contributed by atoms with Crippen LogP contribution in [0.1, 0.15) is 0 Å². The fourth-order valence-electron chi connectivity index (χ4n) is 0.819. The topological polar surface area (TPSA) is 43.4 Å². The maximum atomic E-state index is 11.5. The normalized spacial score (nSPS) is 12.6. The molecular weight excluding hydrogens is 200 g/mol. The van der Waals surface area contributed by atoms with Crippen molar-refractivity contribution in [1.82, 2.24) is 0 Å². The highest BCUT2D eigenvalue weighted by molar-refractivity contribution is 7.88. The van der Waals surface area contributed by atoms with Gasteiger partial charge in [0.25, 0.3) is 0 Å². The van der Waals surface area contributed by atoms with Crippen LogP contribution >= 0.6 is 0 Å². The summed E-state index contributed by atoms with van der Waals surface area (Å²) < 4.78 is 15.9. The van der Waals surface area contributed by atoms with Crippen molar-refractivity contribution in [1.29, 1.82) is 0 Å². The molecule has 0 spiro atoms. The average Bonchev–Trinajstić information content (AvgIpc) is 2.26. The van der Waals surface area contributed by atoms with E-state index in [0.717, 1.165) is 6.08 Å². The van der Waals surface area contributed by atoms with Crippen LogP contribution < -0.4 is 0 Å². The molecule has 74 valence electrons. The minimum Gasteiger partial charge on any atom is -0.466 e. The van der Waals surface area contributed by atoms with Crippen LogP contribution in [0.25, 0.3) is 0 Å². The second kappa shape index (κ2) is 5.34. The lowest BCUT2D eigenvalue weighted by atomic mass is 10.4. The summed E-state index contributed by atoms with van der Waals surface area (Å²) in [6.45, 7) is 0. The van der Waals surface area contributed by atoms with Gasteiger partial charge in [-0.15, -0.1) is 0 Å². The van der Waals surface area contributed by atoms with E-state index in [2.05, 4.69) is 4.74 Å². The third-order valence-corrected chi connectivity index (χ3v) is 2.62. The lowest BCUT2D eigenvalue weighted by Gasteiger charge is -1.94. The van der Waals surface area contributed by atoms with Gasteiger partial charge in [0.15, 0.2) is 0 Å². The van der Waals surface area contributed by atoms with Crippen LogP contribution in [-0.4, -0.2) is 17.3 Å². The lowest BCUT2D eigenvalue weighted by Crippen LogP contribution is -1.95. The van der Waals surface area contributed by atoms with Gasteiger partial charge in [-0.2, -0.15) is 0 Å². The second-order valence-electron chi connectivity index (χ2n) is 2.44. The summed E-state index contributed by atoms with van der Waals surface area (Å²) in [5.41, 5.74) is 0. The van der Waals surface area contributed by atoms with Crippen molar-refractivity contribution < 1.29 is 13.7 Å². The third-order valence-electron chi connectivity index (χ3n) is 1.50. The van der Waals surface area contributed by atoms with Gasteiger partial charge in [-0.1, -0.05) is 18.2 Å². The number of hydrogen-bond acceptors (Lipinski definition) is 3. The molecule has 0 aliphatic rings. The van der Waals surface area contributed by atoms with Gasteiger partial charge in [-0.3, -0.25) is 0 Å². The van der Waals surface area contributed by atoms with E-state index < -0.39 is 16.8 Å². The summed E-state index contributed by atoms with van der Waals surface area (Å²) in [7, 11) is -0.0111. The number of carbonyl (C=O) groups excluding carboxylic acids is 1. The maximum Gasteiger partial charge on any atom is 0.331 e. The van der Waals surface area contributed by atoms with Gasteiger partial charge in [-0.25, -0.2) is 9.00 Å². The Hall–Kier alpha value is -1.42. The van der Waals surface area contributed by atoms with Gasteiger partial charge in [0.2, 0.25) is 0 Å². The molecule has 0 radical (unpaired) electrons. The SMILES string of the molecule is COC(=O)/C=C\S(=O)c1ccccc1. The Morgan fingerprint density at radius 1 is 1.36 bits per heavy atom. The predicted octanol–water partition coefficient (Wildman–Crippen LogP) is 1.48. The van der Waals surface area contributed by atoms with Crippen LogP contribution in [0, 0.1) is 0 Å². The highest BCUT2D eigenvalue weighted by Gasteiger charge is 1.98. The number of carbonyl (C=O) groups is 1. The molecule has 4 heteroatoms. The van der Waals surface area contributed by atoms with Crippen LogP contribution in [0.5, 0.6) is 0 Å². The zero-order chi connectivity index (χ0) is 10.4. The molecule has 0 aromatic heterocycles. The number of hydrogen-bond donors (Lipinski definition) is 0. The summed E-state index contributed by atoms with van der Waals surface area (Å²) in [5, 5.41) is 1.31. The highest BCUT2D eigenvalue weighted by atomic mass is 32.2. The minimum atomic E-state index is -1.29. The van der Waals surface area contributed by atoms with Gasteiger partial charge in [0.1, 0.15) is 0 Å². The Balaban J connectivity index is 2.69. The van der Waals surface area contributed by atoms with E-state index in [9.17, 15) is 9.00 Å².